The summed E-state index contributed by atoms with van der Waals surface area (Å²) >= 11 is 0. The smallest absolute Gasteiger partial charge is 0.262 e. The molecule has 8 heteroatoms. The van der Waals surface area contributed by atoms with Gasteiger partial charge in [-0.05, 0) is 26.0 Å². The summed E-state index contributed by atoms with van der Waals surface area (Å²) in [4.78, 5) is 24.5. The zero-order valence-corrected chi connectivity index (χ0v) is 16.1. The van der Waals surface area contributed by atoms with Crippen LogP contribution in [0.1, 0.15) is 30.6 Å². The number of carbonyl (C=O) groups excluding carboxylic acids is 2. The van der Waals surface area contributed by atoms with E-state index in [0.29, 0.717) is 30.4 Å². The standard InChI is InChI=1S/C21H21NO7/c1-21(2)10-15(24)20-14(23)8-13(9-18(20)29-21)28-11-19(25)22-12-3-4-16-17(7-12)27-6-5-26-16/h3-4,7-9,23H,5-6,10-11H2,1-2H3,(H,22,25). The Morgan fingerprint density at radius 3 is 2.69 bits per heavy atom. The van der Waals surface area contributed by atoms with Crippen LogP contribution in [0.4, 0.5) is 5.69 Å². The van der Waals surface area contributed by atoms with Crippen LogP contribution in [-0.2, 0) is 4.79 Å². The summed E-state index contributed by atoms with van der Waals surface area (Å²) in [6.45, 7) is 4.24. The monoisotopic (exact) mass is 399 g/mol. The van der Waals surface area contributed by atoms with Crippen LogP contribution in [0, 0.1) is 0 Å². The molecule has 2 aliphatic rings. The van der Waals surface area contributed by atoms with Crippen LogP contribution in [0.5, 0.6) is 28.7 Å². The number of ether oxygens (including phenoxy) is 4. The molecule has 2 aromatic carbocycles. The summed E-state index contributed by atoms with van der Waals surface area (Å²) < 4.78 is 22.2. The second-order valence-corrected chi connectivity index (χ2v) is 7.47. The van der Waals surface area contributed by atoms with E-state index in [0.717, 1.165) is 0 Å². The van der Waals surface area contributed by atoms with Crippen LogP contribution >= 0.6 is 0 Å². The Hall–Kier alpha value is -3.42. The summed E-state index contributed by atoms with van der Waals surface area (Å²) in [6, 6.07) is 7.92. The maximum Gasteiger partial charge on any atom is 0.262 e. The summed E-state index contributed by atoms with van der Waals surface area (Å²) in [5, 5.41) is 12.9. The summed E-state index contributed by atoms with van der Waals surface area (Å²) in [5.41, 5.74) is 0.00863. The number of phenolic OH excluding ortho intramolecular Hbond substituents is 1. The average Bonchev–Trinajstić information content (AvgIpc) is 2.64. The number of fused-ring (bicyclic) bond motifs is 2. The molecule has 0 fully saturated rings. The number of hydrogen-bond donors (Lipinski definition) is 2. The van der Waals surface area contributed by atoms with Crippen molar-refractivity contribution >= 4 is 17.4 Å². The van der Waals surface area contributed by atoms with Crippen molar-refractivity contribution in [2.45, 2.75) is 25.9 Å². The molecule has 1 amide bonds. The van der Waals surface area contributed by atoms with Gasteiger partial charge in [-0.15, -0.1) is 0 Å². The van der Waals surface area contributed by atoms with Crippen molar-refractivity contribution < 1.29 is 33.6 Å². The van der Waals surface area contributed by atoms with Crippen molar-refractivity contribution in [3.05, 3.63) is 35.9 Å². The molecule has 2 heterocycles. The molecule has 29 heavy (non-hydrogen) atoms. The van der Waals surface area contributed by atoms with E-state index in [1.807, 2.05) is 0 Å². The van der Waals surface area contributed by atoms with Gasteiger partial charge >= 0.3 is 0 Å². The topological polar surface area (TPSA) is 103 Å². The fourth-order valence-electron chi connectivity index (χ4n) is 3.30. The first kappa shape index (κ1) is 18.9. The fourth-order valence-corrected chi connectivity index (χ4v) is 3.30. The van der Waals surface area contributed by atoms with Crippen molar-refractivity contribution in [2.24, 2.45) is 0 Å². The lowest BCUT2D eigenvalue weighted by molar-refractivity contribution is -0.118. The van der Waals surface area contributed by atoms with Crippen molar-refractivity contribution in [3.63, 3.8) is 0 Å². The van der Waals surface area contributed by atoms with E-state index in [2.05, 4.69) is 5.32 Å². The van der Waals surface area contributed by atoms with E-state index >= 15 is 0 Å². The molecule has 2 N–H and O–H groups in total. The zero-order chi connectivity index (χ0) is 20.6. The molecular formula is C21H21NO7. The van der Waals surface area contributed by atoms with Crippen molar-refractivity contribution in [1.29, 1.82) is 0 Å². The number of rotatable bonds is 4. The summed E-state index contributed by atoms with van der Waals surface area (Å²) in [7, 11) is 0. The van der Waals surface area contributed by atoms with E-state index < -0.39 is 11.5 Å². The van der Waals surface area contributed by atoms with Crippen molar-refractivity contribution in [3.8, 4) is 28.7 Å². The first-order chi connectivity index (χ1) is 13.8. The molecule has 0 saturated carbocycles. The molecule has 0 atom stereocenters. The molecule has 0 saturated heterocycles. The highest BCUT2D eigenvalue weighted by Crippen LogP contribution is 2.41. The van der Waals surface area contributed by atoms with Gasteiger partial charge in [-0.1, -0.05) is 0 Å². The number of benzene rings is 2. The molecule has 4 rings (SSSR count). The van der Waals surface area contributed by atoms with Gasteiger partial charge in [0.25, 0.3) is 5.91 Å². The van der Waals surface area contributed by atoms with Gasteiger partial charge in [0.15, 0.2) is 23.9 Å². The van der Waals surface area contributed by atoms with Gasteiger partial charge in [0.2, 0.25) is 0 Å². The molecule has 0 aliphatic carbocycles. The number of amides is 1. The van der Waals surface area contributed by atoms with Gasteiger partial charge in [-0.2, -0.15) is 0 Å². The molecule has 0 unspecified atom stereocenters. The Morgan fingerprint density at radius 2 is 1.90 bits per heavy atom. The molecule has 0 bridgehead atoms. The highest BCUT2D eigenvalue weighted by molar-refractivity contribution is 6.03. The first-order valence-electron chi connectivity index (χ1n) is 9.22. The normalized spacial score (nSPS) is 16.4. The van der Waals surface area contributed by atoms with Crippen LogP contribution in [0.2, 0.25) is 0 Å². The van der Waals surface area contributed by atoms with Gasteiger partial charge in [0, 0.05) is 23.9 Å². The number of ketones is 1. The third-order valence-electron chi connectivity index (χ3n) is 4.50. The number of anilines is 1. The first-order valence-corrected chi connectivity index (χ1v) is 9.22. The average molecular weight is 399 g/mol. The van der Waals surface area contributed by atoms with Crippen LogP contribution in [0.3, 0.4) is 0 Å². The van der Waals surface area contributed by atoms with E-state index in [1.165, 1.54) is 12.1 Å². The number of nitrogens with one attached hydrogen (secondary N) is 1. The van der Waals surface area contributed by atoms with E-state index in [4.69, 9.17) is 18.9 Å². The lowest BCUT2D eigenvalue weighted by Gasteiger charge is -2.32. The zero-order valence-electron chi connectivity index (χ0n) is 16.1. The van der Waals surface area contributed by atoms with E-state index in [1.54, 1.807) is 32.0 Å². The molecule has 0 aromatic heterocycles. The molecule has 0 radical (unpaired) electrons. The lowest BCUT2D eigenvalue weighted by atomic mass is 9.92. The number of hydrogen-bond acceptors (Lipinski definition) is 7. The minimum Gasteiger partial charge on any atom is -0.507 e. The number of Topliss-reactive ketones (excluding diaryl/α,β-unsaturated/α-hetero) is 1. The second-order valence-electron chi connectivity index (χ2n) is 7.47. The Morgan fingerprint density at radius 1 is 1.14 bits per heavy atom. The van der Waals surface area contributed by atoms with Crippen LogP contribution in [-0.4, -0.2) is 42.2 Å². The molecule has 152 valence electrons. The second kappa shape index (κ2) is 7.20. The lowest BCUT2D eigenvalue weighted by Crippen LogP contribution is -2.35. The number of phenols is 1. The Balaban J connectivity index is 1.42. The third-order valence-corrected chi connectivity index (χ3v) is 4.50. The third kappa shape index (κ3) is 4.06. The maximum atomic E-state index is 12.2. The predicted molar refractivity (Wildman–Crippen MR) is 103 cm³/mol. The van der Waals surface area contributed by atoms with Crippen LogP contribution in [0.25, 0.3) is 0 Å². The Labute approximate surface area is 167 Å². The van der Waals surface area contributed by atoms with Crippen molar-refractivity contribution in [1.82, 2.24) is 0 Å². The highest BCUT2D eigenvalue weighted by Gasteiger charge is 2.35. The number of aromatic hydroxyl groups is 1. The van der Waals surface area contributed by atoms with Crippen LogP contribution < -0.4 is 24.3 Å². The van der Waals surface area contributed by atoms with Gasteiger partial charge in [-0.3, -0.25) is 9.59 Å². The Bertz CT molecular complexity index is 983. The van der Waals surface area contributed by atoms with E-state index in [-0.39, 0.29) is 41.6 Å². The van der Waals surface area contributed by atoms with Gasteiger partial charge < -0.3 is 29.4 Å². The minimum absolute atomic E-state index is 0.136. The minimum atomic E-state index is -0.676. The molecule has 2 aromatic rings. The Kier molecular flexibility index (Phi) is 4.70. The predicted octanol–water partition coefficient (Wildman–Crippen LogP) is 2.92. The van der Waals surface area contributed by atoms with E-state index in [9.17, 15) is 14.7 Å². The molecular weight excluding hydrogens is 378 g/mol. The summed E-state index contributed by atoms with van der Waals surface area (Å²) in [5.74, 6) is 0.849. The van der Waals surface area contributed by atoms with Crippen molar-refractivity contribution in [2.75, 3.05) is 25.1 Å². The highest BCUT2D eigenvalue weighted by atomic mass is 16.6. The quantitative estimate of drug-likeness (QED) is 0.815. The van der Waals surface area contributed by atoms with Crippen LogP contribution in [0.15, 0.2) is 30.3 Å². The SMILES string of the molecule is CC1(C)CC(=O)c2c(O)cc(OCC(=O)Nc3ccc4c(c3)OCCO4)cc2O1. The molecule has 2 aliphatic heterocycles. The van der Waals surface area contributed by atoms with Gasteiger partial charge in [-0.25, -0.2) is 0 Å². The fraction of sp³-hybridized carbons (Fsp3) is 0.333. The number of carbonyl (C=O) groups is 2. The van der Waals surface area contributed by atoms with Gasteiger partial charge in [0.1, 0.15) is 41.6 Å². The summed E-state index contributed by atoms with van der Waals surface area (Å²) in [6.07, 6.45) is 0.172. The largest absolute Gasteiger partial charge is 0.507 e. The molecule has 8 nitrogen and oxygen atoms in total. The van der Waals surface area contributed by atoms with Gasteiger partial charge in [0.05, 0.1) is 6.42 Å². The maximum absolute atomic E-state index is 12.2. The molecule has 0 spiro atoms.